The van der Waals surface area contributed by atoms with Gasteiger partial charge in [0.1, 0.15) is 11.6 Å². The standard InChI is InChI=1S/C13H16ClN3O/c1-4-18-12-5-8(2)9(6-10(12)14)11-7-13(15)16-17(11)3/h5-7H,4H2,1-3H3,(H2,15,16). The highest BCUT2D eigenvalue weighted by Gasteiger charge is 2.12. The molecule has 0 aliphatic carbocycles. The van der Waals surface area contributed by atoms with E-state index in [0.717, 1.165) is 16.8 Å². The molecule has 96 valence electrons. The van der Waals surface area contributed by atoms with E-state index in [1.165, 1.54) is 0 Å². The Morgan fingerprint density at radius 2 is 2.11 bits per heavy atom. The summed E-state index contributed by atoms with van der Waals surface area (Å²) in [6.07, 6.45) is 0. The van der Waals surface area contributed by atoms with Crippen LogP contribution in [0, 0.1) is 6.92 Å². The van der Waals surface area contributed by atoms with Gasteiger partial charge in [0, 0.05) is 18.7 Å². The molecule has 0 saturated carbocycles. The Hall–Kier alpha value is -1.68. The molecule has 2 N–H and O–H groups in total. The molecule has 0 atom stereocenters. The summed E-state index contributed by atoms with van der Waals surface area (Å²) < 4.78 is 7.21. The maximum absolute atomic E-state index is 6.20. The number of benzene rings is 1. The van der Waals surface area contributed by atoms with Crippen molar-refractivity contribution >= 4 is 17.4 Å². The number of nitrogens with zero attached hydrogens (tertiary/aromatic N) is 2. The quantitative estimate of drug-likeness (QED) is 0.928. The maximum Gasteiger partial charge on any atom is 0.146 e. The van der Waals surface area contributed by atoms with Crippen LogP contribution < -0.4 is 10.5 Å². The summed E-state index contributed by atoms with van der Waals surface area (Å²) in [6.45, 7) is 4.54. The Morgan fingerprint density at radius 3 is 2.67 bits per heavy atom. The van der Waals surface area contributed by atoms with Crippen LogP contribution in [0.1, 0.15) is 12.5 Å². The second-order valence-electron chi connectivity index (χ2n) is 4.11. The van der Waals surface area contributed by atoms with Crippen LogP contribution in [-0.2, 0) is 7.05 Å². The molecule has 18 heavy (non-hydrogen) atoms. The fourth-order valence-corrected chi connectivity index (χ4v) is 2.16. The van der Waals surface area contributed by atoms with Gasteiger partial charge in [-0.1, -0.05) is 11.6 Å². The van der Waals surface area contributed by atoms with E-state index in [-0.39, 0.29) is 0 Å². The third-order valence-corrected chi connectivity index (χ3v) is 3.05. The van der Waals surface area contributed by atoms with Crippen molar-refractivity contribution in [1.82, 2.24) is 9.78 Å². The lowest BCUT2D eigenvalue weighted by atomic mass is 10.1. The van der Waals surface area contributed by atoms with Crippen molar-refractivity contribution in [2.45, 2.75) is 13.8 Å². The second-order valence-corrected chi connectivity index (χ2v) is 4.52. The van der Waals surface area contributed by atoms with E-state index in [1.807, 2.05) is 39.1 Å². The average Bonchev–Trinajstić information content (AvgIpc) is 2.63. The summed E-state index contributed by atoms with van der Waals surface area (Å²) in [5.74, 6) is 1.20. The van der Waals surface area contributed by atoms with Crippen LogP contribution in [0.4, 0.5) is 5.82 Å². The van der Waals surface area contributed by atoms with E-state index in [1.54, 1.807) is 4.68 Å². The lowest BCUT2D eigenvalue weighted by Gasteiger charge is -2.11. The lowest BCUT2D eigenvalue weighted by Crippen LogP contribution is -1.98. The van der Waals surface area contributed by atoms with Crippen LogP contribution in [0.5, 0.6) is 5.75 Å². The van der Waals surface area contributed by atoms with Gasteiger partial charge >= 0.3 is 0 Å². The molecule has 4 nitrogen and oxygen atoms in total. The number of aromatic nitrogens is 2. The number of anilines is 1. The molecule has 0 bridgehead atoms. The third kappa shape index (κ3) is 2.29. The number of ether oxygens (including phenoxy) is 1. The number of nitrogens with two attached hydrogens (primary N) is 1. The van der Waals surface area contributed by atoms with E-state index >= 15 is 0 Å². The SMILES string of the molecule is CCOc1cc(C)c(-c2cc(N)nn2C)cc1Cl. The Kier molecular flexibility index (Phi) is 3.48. The van der Waals surface area contributed by atoms with Gasteiger partial charge in [0.25, 0.3) is 0 Å². The lowest BCUT2D eigenvalue weighted by molar-refractivity contribution is 0.340. The van der Waals surface area contributed by atoms with E-state index in [0.29, 0.717) is 23.2 Å². The minimum atomic E-state index is 0.497. The normalized spacial score (nSPS) is 10.7. The minimum absolute atomic E-state index is 0.497. The molecule has 0 aliphatic rings. The monoisotopic (exact) mass is 265 g/mol. The maximum atomic E-state index is 6.20. The zero-order valence-electron chi connectivity index (χ0n) is 10.7. The van der Waals surface area contributed by atoms with Crippen LogP contribution >= 0.6 is 11.6 Å². The first kappa shape index (κ1) is 12.8. The first-order chi connectivity index (χ1) is 8.52. The highest BCUT2D eigenvalue weighted by Crippen LogP contribution is 2.33. The van der Waals surface area contributed by atoms with Gasteiger partial charge in [-0.05, 0) is 31.5 Å². The number of hydrogen-bond donors (Lipinski definition) is 1. The predicted molar refractivity (Wildman–Crippen MR) is 74.0 cm³/mol. The first-order valence-electron chi connectivity index (χ1n) is 5.75. The Labute approximate surface area is 111 Å². The average molecular weight is 266 g/mol. The van der Waals surface area contributed by atoms with Crippen LogP contribution in [0.15, 0.2) is 18.2 Å². The van der Waals surface area contributed by atoms with Gasteiger partial charge in [0.2, 0.25) is 0 Å². The number of hydrogen-bond acceptors (Lipinski definition) is 3. The highest BCUT2D eigenvalue weighted by molar-refractivity contribution is 6.32. The van der Waals surface area contributed by atoms with Crippen LogP contribution in [-0.4, -0.2) is 16.4 Å². The second kappa shape index (κ2) is 4.90. The molecule has 0 spiro atoms. The molecule has 0 fully saturated rings. The Bertz CT molecular complexity index is 578. The predicted octanol–water partition coefficient (Wildman–Crippen LogP) is 3.03. The van der Waals surface area contributed by atoms with Crippen molar-refractivity contribution in [2.24, 2.45) is 7.05 Å². The van der Waals surface area contributed by atoms with Crippen LogP contribution in [0.2, 0.25) is 5.02 Å². The van der Waals surface area contributed by atoms with Gasteiger partial charge in [-0.2, -0.15) is 5.10 Å². The molecule has 5 heteroatoms. The molecule has 0 unspecified atom stereocenters. The topological polar surface area (TPSA) is 53.1 Å². The molecule has 1 aromatic carbocycles. The zero-order valence-corrected chi connectivity index (χ0v) is 11.5. The van der Waals surface area contributed by atoms with Gasteiger partial charge in [0.15, 0.2) is 0 Å². The van der Waals surface area contributed by atoms with E-state index < -0.39 is 0 Å². The van der Waals surface area contributed by atoms with Crippen molar-refractivity contribution in [3.8, 4) is 17.0 Å². The smallest absolute Gasteiger partial charge is 0.146 e. The summed E-state index contributed by atoms with van der Waals surface area (Å²) in [5, 5.41) is 4.73. The van der Waals surface area contributed by atoms with Gasteiger partial charge in [-0.15, -0.1) is 0 Å². The first-order valence-corrected chi connectivity index (χ1v) is 6.13. The minimum Gasteiger partial charge on any atom is -0.492 e. The summed E-state index contributed by atoms with van der Waals surface area (Å²) in [5.41, 5.74) is 8.72. The number of aryl methyl sites for hydroxylation is 2. The Balaban J connectivity index is 2.52. The molecule has 2 aromatic rings. The van der Waals surface area contributed by atoms with Crippen molar-refractivity contribution in [3.05, 3.63) is 28.8 Å². The Morgan fingerprint density at radius 1 is 1.39 bits per heavy atom. The molecule has 1 aromatic heterocycles. The van der Waals surface area contributed by atoms with Crippen LogP contribution in [0.3, 0.4) is 0 Å². The summed E-state index contributed by atoms with van der Waals surface area (Å²) in [4.78, 5) is 0. The van der Waals surface area contributed by atoms with Crippen molar-refractivity contribution in [2.75, 3.05) is 12.3 Å². The van der Waals surface area contributed by atoms with Crippen molar-refractivity contribution in [1.29, 1.82) is 0 Å². The van der Waals surface area contributed by atoms with Crippen LogP contribution in [0.25, 0.3) is 11.3 Å². The largest absolute Gasteiger partial charge is 0.492 e. The van der Waals surface area contributed by atoms with Gasteiger partial charge in [0.05, 0.1) is 17.3 Å². The molecule has 2 rings (SSSR count). The number of halogens is 1. The van der Waals surface area contributed by atoms with Crippen molar-refractivity contribution < 1.29 is 4.74 Å². The van der Waals surface area contributed by atoms with Crippen molar-refractivity contribution in [3.63, 3.8) is 0 Å². The van der Waals surface area contributed by atoms with Gasteiger partial charge in [-0.3, -0.25) is 4.68 Å². The van der Waals surface area contributed by atoms with Gasteiger partial charge < -0.3 is 10.5 Å². The van der Waals surface area contributed by atoms with Gasteiger partial charge in [-0.25, -0.2) is 0 Å². The fourth-order valence-electron chi connectivity index (χ4n) is 1.94. The molecule has 0 aliphatic heterocycles. The summed E-state index contributed by atoms with van der Waals surface area (Å²) in [7, 11) is 1.86. The summed E-state index contributed by atoms with van der Waals surface area (Å²) >= 11 is 6.20. The molecular formula is C13H16ClN3O. The molecule has 0 saturated heterocycles. The zero-order chi connectivity index (χ0) is 13.3. The molecule has 1 heterocycles. The number of rotatable bonds is 3. The van der Waals surface area contributed by atoms with E-state index in [4.69, 9.17) is 22.1 Å². The number of nitrogen functional groups attached to an aromatic ring is 1. The summed E-state index contributed by atoms with van der Waals surface area (Å²) in [6, 6.07) is 5.65. The highest BCUT2D eigenvalue weighted by atomic mass is 35.5. The third-order valence-electron chi connectivity index (χ3n) is 2.75. The fraction of sp³-hybridized carbons (Fsp3) is 0.308. The van der Waals surface area contributed by atoms with E-state index in [9.17, 15) is 0 Å². The van der Waals surface area contributed by atoms with E-state index in [2.05, 4.69) is 5.10 Å². The molecule has 0 amide bonds. The molecular weight excluding hydrogens is 250 g/mol. The molecule has 0 radical (unpaired) electrons.